The van der Waals surface area contributed by atoms with Gasteiger partial charge in [0.2, 0.25) is 0 Å². The average Bonchev–Trinajstić information content (AvgIpc) is 2.94. The predicted octanol–water partition coefficient (Wildman–Crippen LogP) is 3.04. The van der Waals surface area contributed by atoms with Gasteiger partial charge in [-0.25, -0.2) is 0 Å². The predicted molar refractivity (Wildman–Crippen MR) is 58.4 cm³/mol. The number of allylic oxidation sites excluding steroid dienone is 1. The van der Waals surface area contributed by atoms with Gasteiger partial charge in [0.1, 0.15) is 0 Å². The molecule has 0 unspecified atom stereocenters. The van der Waals surface area contributed by atoms with E-state index >= 15 is 0 Å². The number of unbranched alkanes of at least 4 members (excludes halogenated alkanes) is 1. The Morgan fingerprint density at radius 3 is 3.07 bits per heavy atom. The highest BCUT2D eigenvalue weighted by Gasteiger charge is 2.26. The third-order valence-electron chi connectivity index (χ3n) is 2.77. The van der Waals surface area contributed by atoms with Crippen LogP contribution < -0.4 is 0 Å². The molecule has 0 amide bonds. The molecule has 1 fully saturated rings. The highest BCUT2D eigenvalue weighted by Crippen LogP contribution is 2.39. The van der Waals surface area contributed by atoms with Crippen molar-refractivity contribution in [2.24, 2.45) is 0 Å². The Hall–Kier alpha value is -1.05. The maximum Gasteiger partial charge on any atom is 0.0658 e. The van der Waals surface area contributed by atoms with Crippen LogP contribution in [0.4, 0.5) is 0 Å². The number of hydrogen-bond donors (Lipinski definition) is 0. The zero-order chi connectivity index (χ0) is 9.97. The van der Waals surface area contributed by atoms with E-state index in [0.29, 0.717) is 0 Å². The van der Waals surface area contributed by atoms with Crippen LogP contribution in [0.1, 0.15) is 43.0 Å². The summed E-state index contributed by atoms with van der Waals surface area (Å²) >= 11 is 0. The second-order valence-corrected chi connectivity index (χ2v) is 4.14. The summed E-state index contributed by atoms with van der Waals surface area (Å²) < 4.78 is 2.14. The molecule has 1 heterocycles. The van der Waals surface area contributed by atoms with Crippen molar-refractivity contribution in [2.75, 3.05) is 0 Å². The molecule has 0 aliphatic heterocycles. The molecule has 1 aromatic heterocycles. The van der Waals surface area contributed by atoms with Gasteiger partial charge in [0.15, 0.2) is 0 Å². The lowest BCUT2D eigenvalue weighted by atomic mass is 10.3. The summed E-state index contributed by atoms with van der Waals surface area (Å²) in [7, 11) is 0. The second-order valence-electron chi connectivity index (χ2n) is 4.14. The van der Waals surface area contributed by atoms with Crippen LogP contribution >= 0.6 is 0 Å². The van der Waals surface area contributed by atoms with E-state index in [0.717, 1.165) is 25.3 Å². The van der Waals surface area contributed by atoms with E-state index < -0.39 is 0 Å². The van der Waals surface area contributed by atoms with E-state index in [4.69, 9.17) is 0 Å². The van der Waals surface area contributed by atoms with Crippen molar-refractivity contribution in [3.8, 4) is 0 Å². The summed E-state index contributed by atoms with van der Waals surface area (Å²) in [6.45, 7) is 6.91. The van der Waals surface area contributed by atoms with Crippen molar-refractivity contribution >= 4 is 0 Å². The van der Waals surface area contributed by atoms with Crippen LogP contribution in [0.3, 0.4) is 0 Å². The molecule has 2 rings (SSSR count). The van der Waals surface area contributed by atoms with Crippen LogP contribution in [-0.4, -0.2) is 9.78 Å². The monoisotopic (exact) mass is 190 g/mol. The molecule has 1 saturated carbocycles. The molecule has 1 aromatic rings. The molecular weight excluding hydrogens is 172 g/mol. The Kier molecular flexibility index (Phi) is 2.71. The van der Waals surface area contributed by atoms with Crippen molar-refractivity contribution in [3.05, 3.63) is 30.1 Å². The Bertz CT molecular complexity index is 321. The lowest BCUT2D eigenvalue weighted by molar-refractivity contribution is 0.564. The zero-order valence-electron chi connectivity index (χ0n) is 8.87. The zero-order valence-corrected chi connectivity index (χ0v) is 8.87. The fourth-order valence-corrected chi connectivity index (χ4v) is 1.73. The topological polar surface area (TPSA) is 17.8 Å². The first kappa shape index (κ1) is 9.50. The maximum atomic E-state index is 4.63. The Morgan fingerprint density at radius 2 is 2.43 bits per heavy atom. The summed E-state index contributed by atoms with van der Waals surface area (Å²) in [5, 5.41) is 4.63. The molecule has 0 bridgehead atoms. The van der Waals surface area contributed by atoms with Crippen molar-refractivity contribution in [2.45, 2.75) is 45.1 Å². The van der Waals surface area contributed by atoms with E-state index in [1.54, 1.807) is 0 Å². The van der Waals surface area contributed by atoms with E-state index in [-0.39, 0.29) is 0 Å². The van der Waals surface area contributed by atoms with Gasteiger partial charge in [-0.05, 0) is 38.7 Å². The van der Waals surface area contributed by atoms with Gasteiger partial charge in [0.25, 0.3) is 0 Å². The van der Waals surface area contributed by atoms with Crippen molar-refractivity contribution in [3.63, 3.8) is 0 Å². The molecule has 1 aliphatic rings. The highest BCUT2D eigenvalue weighted by atomic mass is 15.3. The fourth-order valence-electron chi connectivity index (χ4n) is 1.73. The molecule has 0 atom stereocenters. The van der Waals surface area contributed by atoms with Gasteiger partial charge in [-0.2, -0.15) is 5.10 Å². The number of hydrogen-bond acceptors (Lipinski definition) is 1. The molecule has 1 aliphatic carbocycles. The molecule has 0 N–H and O–H groups in total. The first-order chi connectivity index (χ1) is 6.81. The Morgan fingerprint density at radius 1 is 1.64 bits per heavy atom. The van der Waals surface area contributed by atoms with Gasteiger partial charge < -0.3 is 0 Å². The molecule has 0 spiro atoms. The van der Waals surface area contributed by atoms with Gasteiger partial charge in [-0.1, -0.05) is 6.08 Å². The third-order valence-corrected chi connectivity index (χ3v) is 2.77. The van der Waals surface area contributed by atoms with Gasteiger partial charge in [0.05, 0.1) is 5.69 Å². The summed E-state index contributed by atoms with van der Waals surface area (Å²) in [4.78, 5) is 0. The van der Waals surface area contributed by atoms with Crippen LogP contribution in [0, 0.1) is 6.92 Å². The maximum absolute atomic E-state index is 4.63. The fraction of sp³-hybridized carbons (Fsp3) is 0.583. The largest absolute Gasteiger partial charge is 0.270 e. The minimum atomic E-state index is 0.773. The molecule has 76 valence electrons. The molecule has 14 heavy (non-hydrogen) atoms. The van der Waals surface area contributed by atoms with Gasteiger partial charge >= 0.3 is 0 Å². The quantitative estimate of drug-likeness (QED) is 0.515. The molecule has 2 heteroatoms. The minimum absolute atomic E-state index is 0.773. The summed E-state index contributed by atoms with van der Waals surface area (Å²) in [6.07, 6.45) is 6.88. The molecule has 0 radical (unpaired) electrons. The standard InChI is InChI=1S/C12H18N2/c1-3-4-5-8-14-10(2)9-12(13-14)11-6-7-11/h3,9,11H,1,4-8H2,2H3. The molecule has 0 aromatic carbocycles. The number of aromatic nitrogens is 2. The van der Waals surface area contributed by atoms with Crippen LogP contribution in [0.5, 0.6) is 0 Å². The van der Waals surface area contributed by atoms with Crippen LogP contribution in [-0.2, 0) is 6.54 Å². The smallest absolute Gasteiger partial charge is 0.0658 e. The van der Waals surface area contributed by atoms with E-state index in [9.17, 15) is 0 Å². The van der Waals surface area contributed by atoms with E-state index in [2.05, 4.69) is 29.3 Å². The lowest BCUT2D eigenvalue weighted by Crippen LogP contribution is -2.02. The second kappa shape index (κ2) is 3.99. The first-order valence-electron chi connectivity index (χ1n) is 5.46. The SMILES string of the molecule is C=CCCCn1nc(C2CC2)cc1C. The van der Waals surface area contributed by atoms with Crippen LogP contribution in [0.15, 0.2) is 18.7 Å². The Labute approximate surface area is 85.6 Å². The van der Waals surface area contributed by atoms with Gasteiger partial charge in [0, 0.05) is 18.2 Å². The average molecular weight is 190 g/mol. The van der Waals surface area contributed by atoms with Gasteiger partial charge in [-0.15, -0.1) is 6.58 Å². The summed E-state index contributed by atoms with van der Waals surface area (Å²) in [6, 6.07) is 2.24. The van der Waals surface area contributed by atoms with Crippen molar-refractivity contribution < 1.29 is 0 Å². The first-order valence-corrected chi connectivity index (χ1v) is 5.46. The Balaban J connectivity index is 1.97. The van der Waals surface area contributed by atoms with E-state index in [1.165, 1.54) is 24.2 Å². The summed E-state index contributed by atoms with van der Waals surface area (Å²) in [5.41, 5.74) is 2.61. The van der Waals surface area contributed by atoms with E-state index in [1.807, 2.05) is 6.08 Å². The highest BCUT2D eigenvalue weighted by molar-refractivity contribution is 5.17. The van der Waals surface area contributed by atoms with Crippen LogP contribution in [0.2, 0.25) is 0 Å². The van der Waals surface area contributed by atoms with Crippen molar-refractivity contribution in [1.82, 2.24) is 9.78 Å². The van der Waals surface area contributed by atoms with Gasteiger partial charge in [-0.3, -0.25) is 4.68 Å². The summed E-state index contributed by atoms with van der Waals surface area (Å²) in [5.74, 6) is 0.773. The molecule has 2 nitrogen and oxygen atoms in total. The normalized spacial score (nSPS) is 15.8. The van der Waals surface area contributed by atoms with Crippen LogP contribution in [0.25, 0.3) is 0 Å². The van der Waals surface area contributed by atoms with Crippen molar-refractivity contribution in [1.29, 1.82) is 0 Å². The lowest BCUT2D eigenvalue weighted by Gasteiger charge is -2.01. The third kappa shape index (κ3) is 2.06. The minimum Gasteiger partial charge on any atom is -0.270 e. The molecule has 0 saturated heterocycles. The molecular formula is C12H18N2. The number of rotatable bonds is 5. The number of nitrogens with zero attached hydrogens (tertiary/aromatic N) is 2. The number of aryl methyl sites for hydroxylation is 2.